The quantitative estimate of drug-likeness (QED) is 0.850. The zero-order valence-electron chi connectivity index (χ0n) is 8.35. The van der Waals surface area contributed by atoms with Crippen molar-refractivity contribution in [2.24, 2.45) is 0 Å². The van der Waals surface area contributed by atoms with Gasteiger partial charge in [0.25, 0.3) is 0 Å². The summed E-state index contributed by atoms with van der Waals surface area (Å²) in [4.78, 5) is 1.11. The molecule has 2 aromatic heterocycles. The van der Waals surface area contributed by atoms with Crippen molar-refractivity contribution in [1.82, 2.24) is 10.2 Å². The molecule has 0 fully saturated rings. The zero-order chi connectivity index (χ0) is 11.4. The Kier molecular flexibility index (Phi) is 4.20. The number of anilines is 1. The molecule has 0 spiro atoms. The molecule has 2 heterocycles. The third kappa shape index (κ3) is 2.96. The van der Waals surface area contributed by atoms with Gasteiger partial charge in [0.15, 0.2) is 0 Å². The van der Waals surface area contributed by atoms with Crippen LogP contribution in [0.4, 0.5) is 5.82 Å². The van der Waals surface area contributed by atoms with E-state index in [9.17, 15) is 0 Å². The van der Waals surface area contributed by atoms with E-state index in [4.69, 9.17) is 0 Å². The van der Waals surface area contributed by atoms with E-state index in [1.54, 1.807) is 11.3 Å². The van der Waals surface area contributed by atoms with Crippen molar-refractivity contribution in [3.05, 3.63) is 28.1 Å². The van der Waals surface area contributed by atoms with E-state index in [0.29, 0.717) is 0 Å². The lowest BCUT2D eigenvalue weighted by atomic mass is 10.3. The van der Waals surface area contributed by atoms with Crippen LogP contribution in [-0.4, -0.2) is 22.5 Å². The van der Waals surface area contributed by atoms with Gasteiger partial charge in [0, 0.05) is 22.2 Å². The minimum atomic E-state index is 0.779. The molecule has 0 unspecified atom stereocenters. The molecule has 0 atom stereocenters. The molecule has 0 saturated heterocycles. The fraction of sp³-hybridized carbons (Fsp3) is 0.200. The highest BCUT2D eigenvalue weighted by atomic mass is 79.9. The van der Waals surface area contributed by atoms with Gasteiger partial charge in [-0.25, -0.2) is 0 Å². The molecule has 2 aromatic rings. The van der Waals surface area contributed by atoms with Crippen LogP contribution in [0.3, 0.4) is 0 Å². The molecule has 0 aliphatic heterocycles. The molecule has 0 amide bonds. The first kappa shape index (κ1) is 11.9. The minimum Gasteiger partial charge on any atom is -0.368 e. The van der Waals surface area contributed by atoms with E-state index in [1.807, 2.05) is 23.6 Å². The van der Waals surface area contributed by atoms with Crippen LogP contribution in [0.25, 0.3) is 10.6 Å². The van der Waals surface area contributed by atoms with Crippen molar-refractivity contribution in [2.75, 3.05) is 17.6 Å². The minimum absolute atomic E-state index is 0.779. The number of aromatic nitrogens is 2. The van der Waals surface area contributed by atoms with E-state index in [-0.39, 0.29) is 0 Å². The lowest BCUT2D eigenvalue weighted by Crippen LogP contribution is -2.04. The van der Waals surface area contributed by atoms with Crippen molar-refractivity contribution in [2.45, 2.75) is 0 Å². The number of hydrogen-bond acceptors (Lipinski definition) is 5. The monoisotopic (exact) mass is 315 g/mol. The molecule has 0 aliphatic rings. The number of thiophene rings is 1. The summed E-state index contributed by atoms with van der Waals surface area (Å²) in [5, 5.41) is 13.4. The zero-order valence-corrected chi connectivity index (χ0v) is 11.6. The van der Waals surface area contributed by atoms with E-state index in [1.165, 1.54) is 0 Å². The van der Waals surface area contributed by atoms with Crippen molar-refractivity contribution in [1.29, 1.82) is 0 Å². The third-order valence-electron chi connectivity index (χ3n) is 1.90. The summed E-state index contributed by atoms with van der Waals surface area (Å²) >= 11 is 9.18. The molecule has 1 N–H and O–H groups in total. The average Bonchev–Trinajstić information content (AvgIpc) is 2.74. The SMILES string of the molecule is SCCNc1ccc(-c2cc(Br)cs2)nn1. The van der Waals surface area contributed by atoms with Crippen LogP contribution >= 0.6 is 39.9 Å². The second-order valence-electron chi connectivity index (χ2n) is 3.08. The van der Waals surface area contributed by atoms with Crippen LogP contribution in [0.15, 0.2) is 28.1 Å². The number of nitrogens with zero attached hydrogens (tertiary/aromatic N) is 2. The Hall–Kier alpha value is -0.590. The molecule has 3 nitrogen and oxygen atoms in total. The Morgan fingerprint density at radius 2 is 2.25 bits per heavy atom. The predicted octanol–water partition coefficient (Wildman–Crippen LogP) is 3.31. The second kappa shape index (κ2) is 5.65. The first-order chi connectivity index (χ1) is 7.79. The molecular formula is C10H10BrN3S2. The Bertz CT molecular complexity index is 455. The fourth-order valence-electron chi connectivity index (χ4n) is 1.19. The van der Waals surface area contributed by atoms with Crippen molar-refractivity contribution in [3.8, 4) is 10.6 Å². The Morgan fingerprint density at radius 1 is 1.38 bits per heavy atom. The lowest BCUT2D eigenvalue weighted by molar-refractivity contribution is 1.02. The van der Waals surface area contributed by atoms with Crippen LogP contribution in [0.1, 0.15) is 0 Å². The van der Waals surface area contributed by atoms with Crippen molar-refractivity contribution in [3.63, 3.8) is 0 Å². The van der Waals surface area contributed by atoms with Crippen LogP contribution in [0.2, 0.25) is 0 Å². The van der Waals surface area contributed by atoms with Crippen molar-refractivity contribution < 1.29 is 0 Å². The van der Waals surface area contributed by atoms with Gasteiger partial charge in [-0.1, -0.05) is 0 Å². The lowest BCUT2D eigenvalue weighted by Gasteiger charge is -2.02. The predicted molar refractivity (Wildman–Crippen MR) is 75.4 cm³/mol. The average molecular weight is 316 g/mol. The van der Waals surface area contributed by atoms with E-state index in [2.05, 4.69) is 44.1 Å². The summed E-state index contributed by atoms with van der Waals surface area (Å²) in [7, 11) is 0. The molecule has 6 heteroatoms. The molecule has 84 valence electrons. The standard InChI is InChI=1S/C10H10BrN3S2/c11-7-5-9(16-6-7)8-1-2-10(14-13-8)12-3-4-15/h1-2,5-6,15H,3-4H2,(H,12,14). The summed E-state index contributed by atoms with van der Waals surface area (Å²) < 4.78 is 1.08. The van der Waals surface area contributed by atoms with Gasteiger partial charge < -0.3 is 5.32 Å². The van der Waals surface area contributed by atoms with Gasteiger partial charge in [-0.15, -0.1) is 21.5 Å². The van der Waals surface area contributed by atoms with Crippen LogP contribution < -0.4 is 5.32 Å². The largest absolute Gasteiger partial charge is 0.368 e. The van der Waals surface area contributed by atoms with Gasteiger partial charge in [0.1, 0.15) is 11.5 Å². The Balaban J connectivity index is 2.13. The fourth-order valence-corrected chi connectivity index (χ4v) is 2.69. The maximum Gasteiger partial charge on any atom is 0.148 e. The highest BCUT2D eigenvalue weighted by molar-refractivity contribution is 9.10. The van der Waals surface area contributed by atoms with Crippen LogP contribution in [0, 0.1) is 0 Å². The number of rotatable bonds is 4. The van der Waals surface area contributed by atoms with Crippen molar-refractivity contribution >= 4 is 45.7 Å². The Morgan fingerprint density at radius 3 is 2.81 bits per heavy atom. The summed E-state index contributed by atoms with van der Waals surface area (Å²) in [6, 6.07) is 5.93. The number of halogens is 1. The van der Waals surface area contributed by atoms with E-state index >= 15 is 0 Å². The van der Waals surface area contributed by atoms with Crippen LogP contribution in [-0.2, 0) is 0 Å². The number of hydrogen-bond donors (Lipinski definition) is 2. The van der Waals surface area contributed by atoms with E-state index in [0.717, 1.165) is 33.2 Å². The molecule has 0 bridgehead atoms. The first-order valence-corrected chi connectivity index (χ1v) is 7.03. The maximum absolute atomic E-state index is 4.17. The molecule has 0 saturated carbocycles. The van der Waals surface area contributed by atoms with E-state index < -0.39 is 0 Å². The van der Waals surface area contributed by atoms with Gasteiger partial charge in [-0.2, -0.15) is 12.6 Å². The highest BCUT2D eigenvalue weighted by Crippen LogP contribution is 2.28. The summed E-state index contributed by atoms with van der Waals surface area (Å²) in [5.74, 6) is 1.56. The number of nitrogens with one attached hydrogen (secondary N) is 1. The smallest absolute Gasteiger partial charge is 0.148 e. The van der Waals surface area contributed by atoms with Crippen LogP contribution in [0.5, 0.6) is 0 Å². The molecule has 0 aromatic carbocycles. The summed E-state index contributed by atoms with van der Waals surface area (Å²) in [5.41, 5.74) is 0.895. The summed E-state index contributed by atoms with van der Waals surface area (Å²) in [6.45, 7) is 0.793. The second-order valence-corrected chi connectivity index (χ2v) is 5.36. The maximum atomic E-state index is 4.17. The van der Waals surface area contributed by atoms with Gasteiger partial charge in [-0.3, -0.25) is 0 Å². The van der Waals surface area contributed by atoms with Gasteiger partial charge in [0.05, 0.1) is 4.88 Å². The molecule has 2 rings (SSSR count). The Labute approximate surface area is 112 Å². The highest BCUT2D eigenvalue weighted by Gasteiger charge is 2.03. The normalized spacial score (nSPS) is 10.4. The van der Waals surface area contributed by atoms with Gasteiger partial charge in [0.2, 0.25) is 0 Å². The molecular weight excluding hydrogens is 306 g/mol. The molecule has 0 aliphatic carbocycles. The van der Waals surface area contributed by atoms with Gasteiger partial charge >= 0.3 is 0 Å². The third-order valence-corrected chi connectivity index (χ3v) is 3.84. The van der Waals surface area contributed by atoms with Gasteiger partial charge in [-0.05, 0) is 34.1 Å². The first-order valence-electron chi connectivity index (χ1n) is 4.72. The molecule has 0 radical (unpaired) electrons. The summed E-state index contributed by atoms with van der Waals surface area (Å²) in [6.07, 6.45) is 0. The molecule has 16 heavy (non-hydrogen) atoms. The topological polar surface area (TPSA) is 37.8 Å². The number of thiol groups is 1.